The fraction of sp³-hybridized carbons (Fsp3) is 0.0769. The number of halogens is 1. The Labute approximate surface area is 180 Å². The summed E-state index contributed by atoms with van der Waals surface area (Å²) >= 11 is 0. The van der Waals surface area contributed by atoms with Crippen molar-refractivity contribution in [3.8, 4) is 11.1 Å². The summed E-state index contributed by atoms with van der Waals surface area (Å²) in [7, 11) is 0. The Morgan fingerprint density at radius 2 is 1.61 bits per heavy atom. The average molecular weight is 411 g/mol. The van der Waals surface area contributed by atoms with Crippen LogP contribution in [-0.4, -0.2) is 17.4 Å². The number of amides is 1. The first-order valence-electron chi connectivity index (χ1n) is 10.1. The molecule has 0 saturated heterocycles. The number of benzene rings is 3. The van der Waals surface area contributed by atoms with Crippen molar-refractivity contribution >= 4 is 17.3 Å². The molecule has 4 nitrogen and oxygen atoms in total. The summed E-state index contributed by atoms with van der Waals surface area (Å²) < 4.78 is 13.6. The topological polar surface area (TPSA) is 54.0 Å². The van der Waals surface area contributed by atoms with Crippen molar-refractivity contribution in [2.45, 2.75) is 6.42 Å². The lowest BCUT2D eigenvalue weighted by atomic mass is 9.99. The number of aromatic nitrogens is 1. The molecule has 0 bridgehead atoms. The van der Waals surface area contributed by atoms with E-state index in [0.29, 0.717) is 22.4 Å². The Morgan fingerprint density at radius 3 is 2.39 bits per heavy atom. The van der Waals surface area contributed by atoms with Crippen molar-refractivity contribution in [3.63, 3.8) is 0 Å². The van der Waals surface area contributed by atoms with E-state index in [1.165, 1.54) is 12.1 Å². The fourth-order valence-corrected chi connectivity index (χ4v) is 3.34. The number of nitrogens with zero attached hydrogens (tertiary/aromatic N) is 1. The smallest absolute Gasteiger partial charge is 0.256 e. The number of nitrogens with one attached hydrogen (secondary N) is 2. The van der Waals surface area contributed by atoms with Crippen LogP contribution in [0.1, 0.15) is 16.1 Å². The third kappa shape index (κ3) is 5.34. The first-order chi connectivity index (χ1) is 15.2. The number of hydrogen-bond donors (Lipinski definition) is 2. The molecule has 1 amide bonds. The normalized spacial score (nSPS) is 10.5. The van der Waals surface area contributed by atoms with Crippen LogP contribution in [0, 0.1) is 5.82 Å². The van der Waals surface area contributed by atoms with Gasteiger partial charge in [0.05, 0.1) is 0 Å². The van der Waals surface area contributed by atoms with Crippen LogP contribution >= 0.6 is 0 Å². The summed E-state index contributed by atoms with van der Waals surface area (Å²) in [6.45, 7) is 0.768. The highest BCUT2D eigenvalue weighted by molar-refractivity contribution is 6.08. The molecule has 4 aromatic rings. The minimum Gasteiger partial charge on any atom is -0.385 e. The number of rotatable bonds is 7. The highest BCUT2D eigenvalue weighted by Gasteiger charge is 2.13. The predicted molar refractivity (Wildman–Crippen MR) is 123 cm³/mol. The maximum absolute atomic E-state index is 13.6. The van der Waals surface area contributed by atoms with Crippen LogP contribution in [-0.2, 0) is 6.42 Å². The number of carbonyl (C=O) groups excluding carboxylic acids is 1. The lowest BCUT2D eigenvalue weighted by molar-refractivity contribution is 0.102. The quantitative estimate of drug-likeness (QED) is 0.404. The Bertz CT molecular complexity index is 1160. The zero-order chi connectivity index (χ0) is 21.5. The lowest BCUT2D eigenvalue weighted by Crippen LogP contribution is -2.13. The largest absolute Gasteiger partial charge is 0.385 e. The van der Waals surface area contributed by atoms with E-state index in [2.05, 4.69) is 15.6 Å². The van der Waals surface area contributed by atoms with E-state index in [-0.39, 0.29) is 11.7 Å². The molecule has 0 spiro atoms. The van der Waals surface area contributed by atoms with Crippen LogP contribution in [0.2, 0.25) is 0 Å². The molecule has 0 fully saturated rings. The van der Waals surface area contributed by atoms with Gasteiger partial charge in [-0.2, -0.15) is 0 Å². The minimum atomic E-state index is -0.334. The van der Waals surface area contributed by atoms with Crippen molar-refractivity contribution in [3.05, 3.63) is 114 Å². The van der Waals surface area contributed by atoms with Crippen LogP contribution in [0.5, 0.6) is 0 Å². The van der Waals surface area contributed by atoms with Crippen LogP contribution in [0.25, 0.3) is 11.1 Å². The zero-order valence-electron chi connectivity index (χ0n) is 16.9. The first kappa shape index (κ1) is 20.3. The SMILES string of the molecule is O=C(Nc1ccc(NCCc2ccccn2)cc1)c1ccccc1-c1cccc(F)c1. The second-order valence-corrected chi connectivity index (χ2v) is 7.09. The van der Waals surface area contributed by atoms with Gasteiger partial charge in [0.25, 0.3) is 5.91 Å². The Kier molecular flexibility index (Phi) is 6.33. The van der Waals surface area contributed by atoms with Gasteiger partial charge >= 0.3 is 0 Å². The summed E-state index contributed by atoms with van der Waals surface area (Å²) in [5.74, 6) is -0.574. The number of pyridine rings is 1. The van der Waals surface area contributed by atoms with Crippen LogP contribution in [0.15, 0.2) is 97.2 Å². The van der Waals surface area contributed by atoms with Gasteiger partial charge in [0.15, 0.2) is 0 Å². The molecular weight excluding hydrogens is 389 g/mol. The van der Waals surface area contributed by atoms with Gasteiger partial charge in [-0.1, -0.05) is 36.4 Å². The number of hydrogen-bond acceptors (Lipinski definition) is 3. The molecule has 0 aliphatic rings. The maximum Gasteiger partial charge on any atom is 0.256 e. The molecule has 0 unspecified atom stereocenters. The molecule has 0 atom stereocenters. The standard InChI is InChI=1S/C26H22FN3O/c27-20-7-5-6-19(18-20)24-9-1-2-10-25(24)26(31)30-23-13-11-22(12-14-23)29-17-15-21-8-3-4-16-28-21/h1-14,16,18,29H,15,17H2,(H,30,31). The van der Waals surface area contributed by atoms with Crippen molar-refractivity contribution in [2.24, 2.45) is 0 Å². The van der Waals surface area contributed by atoms with E-state index in [4.69, 9.17) is 0 Å². The van der Waals surface area contributed by atoms with Crippen LogP contribution < -0.4 is 10.6 Å². The minimum absolute atomic E-state index is 0.240. The van der Waals surface area contributed by atoms with Crippen molar-refractivity contribution in [2.75, 3.05) is 17.2 Å². The van der Waals surface area contributed by atoms with Gasteiger partial charge < -0.3 is 10.6 Å². The number of carbonyl (C=O) groups is 1. The Morgan fingerprint density at radius 1 is 0.839 bits per heavy atom. The van der Waals surface area contributed by atoms with Gasteiger partial charge in [0, 0.05) is 41.8 Å². The van der Waals surface area contributed by atoms with Gasteiger partial charge in [-0.25, -0.2) is 4.39 Å². The summed E-state index contributed by atoms with van der Waals surface area (Å²) in [5.41, 5.74) is 4.54. The molecular formula is C26H22FN3O. The molecule has 4 rings (SSSR count). The van der Waals surface area contributed by atoms with E-state index in [1.54, 1.807) is 30.5 Å². The Hall–Kier alpha value is -3.99. The summed E-state index contributed by atoms with van der Waals surface area (Å²) in [4.78, 5) is 17.2. The van der Waals surface area contributed by atoms with Gasteiger partial charge in [-0.3, -0.25) is 9.78 Å². The molecule has 0 saturated carbocycles. The second-order valence-electron chi connectivity index (χ2n) is 7.09. The van der Waals surface area contributed by atoms with Gasteiger partial charge in [-0.05, 0) is 65.7 Å². The molecule has 1 heterocycles. The number of anilines is 2. The molecule has 0 aliphatic heterocycles. The third-order valence-corrected chi connectivity index (χ3v) is 4.89. The molecule has 0 radical (unpaired) electrons. The van der Waals surface area contributed by atoms with Crippen LogP contribution in [0.3, 0.4) is 0 Å². The molecule has 0 aliphatic carbocycles. The maximum atomic E-state index is 13.6. The highest BCUT2D eigenvalue weighted by atomic mass is 19.1. The van der Waals surface area contributed by atoms with E-state index in [0.717, 1.165) is 24.3 Å². The Balaban J connectivity index is 1.40. The third-order valence-electron chi connectivity index (χ3n) is 4.89. The van der Waals surface area contributed by atoms with Gasteiger partial charge in [-0.15, -0.1) is 0 Å². The molecule has 154 valence electrons. The molecule has 2 N–H and O–H groups in total. The summed E-state index contributed by atoms with van der Waals surface area (Å²) in [5, 5.41) is 6.27. The predicted octanol–water partition coefficient (Wildman–Crippen LogP) is 5.79. The molecule has 31 heavy (non-hydrogen) atoms. The van der Waals surface area contributed by atoms with E-state index in [9.17, 15) is 9.18 Å². The van der Waals surface area contributed by atoms with Gasteiger partial charge in [0.2, 0.25) is 0 Å². The van der Waals surface area contributed by atoms with Crippen molar-refractivity contribution in [1.82, 2.24) is 4.98 Å². The molecule has 5 heteroatoms. The van der Waals surface area contributed by atoms with E-state index in [1.807, 2.05) is 54.6 Å². The lowest BCUT2D eigenvalue weighted by Gasteiger charge is -2.12. The second kappa shape index (κ2) is 9.67. The first-order valence-corrected chi connectivity index (χ1v) is 10.1. The van der Waals surface area contributed by atoms with E-state index < -0.39 is 0 Å². The van der Waals surface area contributed by atoms with Gasteiger partial charge in [0.1, 0.15) is 5.82 Å². The van der Waals surface area contributed by atoms with Crippen molar-refractivity contribution < 1.29 is 9.18 Å². The highest BCUT2D eigenvalue weighted by Crippen LogP contribution is 2.25. The fourth-order valence-electron chi connectivity index (χ4n) is 3.34. The van der Waals surface area contributed by atoms with Crippen LogP contribution in [0.4, 0.5) is 15.8 Å². The van der Waals surface area contributed by atoms with E-state index >= 15 is 0 Å². The summed E-state index contributed by atoms with van der Waals surface area (Å²) in [6.07, 6.45) is 2.62. The average Bonchev–Trinajstić information content (AvgIpc) is 2.81. The summed E-state index contributed by atoms with van der Waals surface area (Å²) in [6, 6.07) is 26.9. The van der Waals surface area contributed by atoms with Crippen molar-refractivity contribution in [1.29, 1.82) is 0 Å². The zero-order valence-corrected chi connectivity index (χ0v) is 16.9. The molecule has 1 aromatic heterocycles. The monoisotopic (exact) mass is 411 g/mol. The molecule has 3 aromatic carbocycles.